The number of carbonyl (C=O) groups is 2. The Balaban J connectivity index is 1.39. The molecule has 1 atom stereocenters. The highest BCUT2D eigenvalue weighted by atomic mass is 32.1. The summed E-state index contributed by atoms with van der Waals surface area (Å²) in [5, 5.41) is 9.73. The van der Waals surface area contributed by atoms with Crippen molar-refractivity contribution in [3.63, 3.8) is 0 Å². The van der Waals surface area contributed by atoms with Crippen LogP contribution in [-0.4, -0.2) is 44.1 Å². The molecule has 1 saturated heterocycles. The maximum Gasteiger partial charge on any atom is 0.231 e. The number of aromatic nitrogens is 3. The van der Waals surface area contributed by atoms with Crippen molar-refractivity contribution >= 4 is 28.3 Å². The third-order valence-electron chi connectivity index (χ3n) is 5.57. The molecule has 1 aliphatic carbocycles. The van der Waals surface area contributed by atoms with Gasteiger partial charge in [-0.25, -0.2) is 4.98 Å². The van der Waals surface area contributed by atoms with E-state index in [2.05, 4.69) is 15.4 Å². The smallest absolute Gasteiger partial charge is 0.231 e. The predicted molar refractivity (Wildman–Crippen MR) is 104 cm³/mol. The zero-order valence-electron chi connectivity index (χ0n) is 15.8. The first kappa shape index (κ1) is 18.2. The maximum atomic E-state index is 12.7. The molecule has 2 aromatic rings. The van der Waals surface area contributed by atoms with E-state index in [1.54, 1.807) is 4.68 Å². The van der Waals surface area contributed by atoms with Crippen LogP contribution in [0.3, 0.4) is 0 Å². The highest BCUT2D eigenvalue weighted by Gasteiger charge is 2.38. The first-order valence-electron chi connectivity index (χ1n) is 9.57. The number of anilines is 1. The van der Waals surface area contributed by atoms with Gasteiger partial charge >= 0.3 is 0 Å². The van der Waals surface area contributed by atoms with Gasteiger partial charge in [-0.2, -0.15) is 5.10 Å². The van der Waals surface area contributed by atoms with Crippen LogP contribution in [0.1, 0.15) is 44.2 Å². The van der Waals surface area contributed by atoms with E-state index in [0.717, 1.165) is 29.8 Å². The number of rotatable bonds is 4. The first-order valence-corrected chi connectivity index (χ1v) is 10.5. The van der Waals surface area contributed by atoms with Crippen LogP contribution in [0, 0.1) is 12.8 Å². The van der Waals surface area contributed by atoms with E-state index >= 15 is 0 Å². The summed E-state index contributed by atoms with van der Waals surface area (Å²) in [5.74, 6) is -0.273. The van der Waals surface area contributed by atoms with Crippen LogP contribution >= 0.6 is 11.3 Å². The number of nitrogens with zero attached hydrogens (tertiary/aromatic N) is 4. The maximum absolute atomic E-state index is 12.7. The second kappa shape index (κ2) is 7.42. The van der Waals surface area contributed by atoms with E-state index in [1.807, 2.05) is 30.4 Å². The summed E-state index contributed by atoms with van der Waals surface area (Å²) in [7, 11) is 1.88. The lowest BCUT2D eigenvalue weighted by Gasteiger charge is -2.31. The Bertz CT molecular complexity index is 852. The summed E-state index contributed by atoms with van der Waals surface area (Å²) in [6.45, 7) is 2.48. The van der Waals surface area contributed by atoms with Gasteiger partial charge in [0, 0.05) is 43.2 Å². The average molecular weight is 388 g/mol. The fraction of sp³-hybridized carbons (Fsp3) is 0.579. The number of nitrogens with one attached hydrogen (secondary N) is 1. The fourth-order valence-corrected chi connectivity index (χ4v) is 4.88. The summed E-state index contributed by atoms with van der Waals surface area (Å²) in [6, 6.07) is 0.323. The van der Waals surface area contributed by atoms with Gasteiger partial charge in [0.2, 0.25) is 11.8 Å². The first-order chi connectivity index (χ1) is 13.0. The minimum Gasteiger partial charge on any atom is -0.339 e. The van der Waals surface area contributed by atoms with Gasteiger partial charge < -0.3 is 10.2 Å². The number of hydrogen-bond donors (Lipinski definition) is 1. The second-order valence-electron chi connectivity index (χ2n) is 7.57. The van der Waals surface area contributed by atoms with Crippen molar-refractivity contribution in [2.75, 3.05) is 11.9 Å². The Hall–Kier alpha value is -2.22. The molecule has 3 heterocycles. The summed E-state index contributed by atoms with van der Waals surface area (Å²) >= 11 is 1.40. The van der Waals surface area contributed by atoms with Gasteiger partial charge in [-0.05, 0) is 19.8 Å². The number of likely N-dealkylation sites (tertiary alicyclic amines) is 1. The van der Waals surface area contributed by atoms with Crippen LogP contribution in [0.2, 0.25) is 0 Å². The number of amides is 2. The van der Waals surface area contributed by atoms with Crippen LogP contribution in [0.5, 0.6) is 0 Å². The summed E-state index contributed by atoms with van der Waals surface area (Å²) < 4.78 is 1.76. The quantitative estimate of drug-likeness (QED) is 0.875. The molecule has 1 N–H and O–H groups in total. The Morgan fingerprint density at radius 1 is 1.30 bits per heavy atom. The predicted octanol–water partition coefficient (Wildman–Crippen LogP) is 2.97. The minimum atomic E-state index is -0.285. The van der Waals surface area contributed by atoms with Crippen molar-refractivity contribution < 1.29 is 9.59 Å². The Kier molecular flexibility index (Phi) is 4.99. The molecule has 2 amide bonds. The minimum absolute atomic E-state index is 0.106. The molecule has 1 aliphatic heterocycles. The third kappa shape index (κ3) is 3.76. The van der Waals surface area contributed by atoms with Gasteiger partial charge in [-0.3, -0.25) is 14.3 Å². The summed E-state index contributed by atoms with van der Waals surface area (Å²) in [5.41, 5.74) is 2.69. The topological polar surface area (TPSA) is 80.1 Å². The Morgan fingerprint density at radius 3 is 2.78 bits per heavy atom. The van der Waals surface area contributed by atoms with Crippen LogP contribution < -0.4 is 5.32 Å². The molecule has 1 saturated carbocycles. The van der Waals surface area contributed by atoms with Crippen molar-refractivity contribution in [3.8, 4) is 11.3 Å². The van der Waals surface area contributed by atoms with Crippen molar-refractivity contribution in [2.45, 2.75) is 51.5 Å². The SMILES string of the molecule is Cc1nn(C)cc1-c1csc(NC(=O)C2CC(=O)N(C3CCCCC3)C2)n1. The van der Waals surface area contributed by atoms with E-state index in [4.69, 9.17) is 0 Å². The van der Waals surface area contributed by atoms with E-state index < -0.39 is 0 Å². The molecular weight excluding hydrogens is 362 g/mol. The molecule has 27 heavy (non-hydrogen) atoms. The Labute approximate surface area is 162 Å². The molecular formula is C19H25N5O2S. The number of carbonyl (C=O) groups excluding carboxylic acids is 2. The fourth-order valence-electron chi connectivity index (χ4n) is 4.17. The highest BCUT2D eigenvalue weighted by Crippen LogP contribution is 2.30. The van der Waals surface area contributed by atoms with Crippen molar-refractivity contribution in [2.24, 2.45) is 13.0 Å². The molecule has 7 nitrogen and oxygen atoms in total. The molecule has 2 aliphatic rings. The summed E-state index contributed by atoms with van der Waals surface area (Å²) in [6.07, 6.45) is 7.99. The molecule has 0 spiro atoms. The van der Waals surface area contributed by atoms with Gasteiger partial charge in [0.15, 0.2) is 5.13 Å². The monoisotopic (exact) mass is 387 g/mol. The van der Waals surface area contributed by atoms with Gasteiger partial charge in [0.05, 0.1) is 17.3 Å². The highest BCUT2D eigenvalue weighted by molar-refractivity contribution is 7.14. The van der Waals surface area contributed by atoms with E-state index in [0.29, 0.717) is 24.1 Å². The lowest BCUT2D eigenvalue weighted by molar-refractivity contribution is -0.130. The molecule has 8 heteroatoms. The van der Waals surface area contributed by atoms with E-state index in [9.17, 15) is 9.59 Å². The van der Waals surface area contributed by atoms with E-state index in [1.165, 1.54) is 30.6 Å². The third-order valence-corrected chi connectivity index (χ3v) is 6.33. The van der Waals surface area contributed by atoms with Gasteiger partial charge in [-0.1, -0.05) is 19.3 Å². The molecule has 4 rings (SSSR count). The Morgan fingerprint density at radius 2 is 2.07 bits per heavy atom. The molecule has 0 aromatic carbocycles. The number of aryl methyl sites for hydroxylation is 2. The average Bonchev–Trinajstić information content (AvgIpc) is 3.34. The zero-order valence-corrected chi connectivity index (χ0v) is 16.6. The molecule has 1 unspecified atom stereocenters. The van der Waals surface area contributed by atoms with Gasteiger partial charge in [0.25, 0.3) is 0 Å². The normalized spacial score (nSPS) is 21.0. The van der Waals surface area contributed by atoms with Crippen molar-refractivity contribution in [3.05, 3.63) is 17.3 Å². The largest absolute Gasteiger partial charge is 0.339 e. The lowest BCUT2D eigenvalue weighted by atomic mass is 9.94. The number of thiazole rings is 1. The molecule has 144 valence electrons. The lowest BCUT2D eigenvalue weighted by Crippen LogP contribution is -2.38. The van der Waals surface area contributed by atoms with Crippen LogP contribution in [0.15, 0.2) is 11.6 Å². The molecule has 0 bridgehead atoms. The molecule has 2 fully saturated rings. The van der Waals surface area contributed by atoms with Crippen LogP contribution in [-0.2, 0) is 16.6 Å². The second-order valence-corrected chi connectivity index (χ2v) is 8.43. The molecule has 0 radical (unpaired) electrons. The standard InChI is InChI=1S/C19H25N5O2S/c1-12-15(10-23(2)22-12)16-11-27-19(20-16)21-18(26)13-8-17(25)24(9-13)14-6-4-3-5-7-14/h10-11,13-14H,3-9H2,1-2H3,(H,20,21,26). The summed E-state index contributed by atoms with van der Waals surface area (Å²) in [4.78, 5) is 31.5. The molecule has 2 aromatic heterocycles. The van der Waals surface area contributed by atoms with Crippen molar-refractivity contribution in [1.29, 1.82) is 0 Å². The van der Waals surface area contributed by atoms with Gasteiger partial charge in [0.1, 0.15) is 0 Å². The van der Waals surface area contributed by atoms with Crippen molar-refractivity contribution in [1.82, 2.24) is 19.7 Å². The zero-order chi connectivity index (χ0) is 19.0. The number of hydrogen-bond acceptors (Lipinski definition) is 5. The van der Waals surface area contributed by atoms with Crippen LogP contribution in [0.4, 0.5) is 5.13 Å². The van der Waals surface area contributed by atoms with Crippen LogP contribution in [0.25, 0.3) is 11.3 Å². The van der Waals surface area contributed by atoms with E-state index in [-0.39, 0.29) is 17.7 Å². The van der Waals surface area contributed by atoms with Gasteiger partial charge in [-0.15, -0.1) is 11.3 Å².